The second-order valence-corrected chi connectivity index (χ2v) is 4.58. The second kappa shape index (κ2) is 3.20. The van der Waals surface area contributed by atoms with Gasteiger partial charge in [0.25, 0.3) is 0 Å². The first-order chi connectivity index (χ1) is 6.12. The average Bonchev–Trinajstić information content (AvgIpc) is 2.03. The highest BCUT2D eigenvalue weighted by molar-refractivity contribution is 7.81. The van der Waals surface area contributed by atoms with Crippen LogP contribution in [-0.2, 0) is 23.5 Å². The number of hydrogen-bond acceptors (Lipinski definition) is 5. The molecule has 13 heavy (non-hydrogen) atoms. The van der Waals surface area contributed by atoms with E-state index >= 15 is 0 Å². The van der Waals surface area contributed by atoms with Gasteiger partial charge in [0.1, 0.15) is 0 Å². The van der Waals surface area contributed by atoms with Crippen LogP contribution in [0.25, 0.3) is 0 Å². The molecule has 0 aromatic rings. The van der Waals surface area contributed by atoms with Gasteiger partial charge in [0, 0.05) is 32.5 Å². The molecule has 2 rings (SSSR count). The summed E-state index contributed by atoms with van der Waals surface area (Å²) in [4.78, 5) is 0. The Bertz CT molecular complexity index is 272. The van der Waals surface area contributed by atoms with Gasteiger partial charge in [-0.1, -0.05) is 0 Å². The van der Waals surface area contributed by atoms with Gasteiger partial charge in [-0.15, -0.1) is 0 Å². The summed E-state index contributed by atoms with van der Waals surface area (Å²) in [6.07, 6.45) is 1.90. The molecule has 0 radical (unpaired) electrons. The van der Waals surface area contributed by atoms with Gasteiger partial charge in [-0.05, 0) is 0 Å². The van der Waals surface area contributed by atoms with Gasteiger partial charge >= 0.3 is 10.4 Å². The average molecular weight is 208 g/mol. The number of hydrogen-bond donors (Lipinski definition) is 0. The van der Waals surface area contributed by atoms with E-state index in [4.69, 9.17) is 8.92 Å². The van der Waals surface area contributed by atoms with Crippen LogP contribution >= 0.6 is 0 Å². The molecular weight excluding hydrogens is 196 g/mol. The van der Waals surface area contributed by atoms with Crippen LogP contribution < -0.4 is 0 Å². The molecule has 2 fully saturated rings. The SMILES string of the molecule is O=S1(=O)OCCC2(CCOCC2)O1. The largest absolute Gasteiger partial charge is 0.400 e. The lowest BCUT2D eigenvalue weighted by Gasteiger charge is -2.38. The smallest absolute Gasteiger partial charge is 0.381 e. The molecule has 6 heteroatoms. The number of rotatable bonds is 0. The predicted molar refractivity (Wildman–Crippen MR) is 43.4 cm³/mol. The first-order valence-electron chi connectivity index (χ1n) is 4.30. The second-order valence-electron chi connectivity index (χ2n) is 3.36. The highest BCUT2D eigenvalue weighted by Crippen LogP contribution is 2.34. The minimum Gasteiger partial charge on any atom is -0.381 e. The van der Waals surface area contributed by atoms with Crippen molar-refractivity contribution >= 4 is 10.4 Å². The molecule has 0 aromatic carbocycles. The molecule has 2 saturated heterocycles. The Kier molecular flexibility index (Phi) is 2.31. The molecule has 0 amide bonds. The van der Waals surface area contributed by atoms with E-state index in [2.05, 4.69) is 4.18 Å². The molecule has 1 spiro atoms. The Labute approximate surface area is 77.3 Å². The summed E-state index contributed by atoms with van der Waals surface area (Å²) < 4.78 is 36.7. The van der Waals surface area contributed by atoms with Crippen molar-refractivity contribution in [3.05, 3.63) is 0 Å². The molecule has 0 aromatic heterocycles. The number of ether oxygens (including phenoxy) is 1. The molecule has 2 heterocycles. The quantitative estimate of drug-likeness (QED) is 0.569. The van der Waals surface area contributed by atoms with E-state index in [-0.39, 0.29) is 6.61 Å². The van der Waals surface area contributed by atoms with Gasteiger partial charge in [0.2, 0.25) is 0 Å². The fourth-order valence-corrected chi connectivity index (χ4v) is 2.71. The molecule has 0 N–H and O–H groups in total. The van der Waals surface area contributed by atoms with Gasteiger partial charge in [-0.2, -0.15) is 8.42 Å². The van der Waals surface area contributed by atoms with Gasteiger partial charge in [-0.3, -0.25) is 0 Å². The maximum Gasteiger partial charge on any atom is 0.400 e. The standard InChI is InChI=1S/C7H12O5S/c8-13(9)11-6-3-7(12-13)1-4-10-5-2-7/h1-6H2. The van der Waals surface area contributed by atoms with Crippen molar-refractivity contribution in [1.82, 2.24) is 0 Å². The van der Waals surface area contributed by atoms with E-state index in [1.807, 2.05) is 0 Å². The van der Waals surface area contributed by atoms with E-state index in [0.29, 0.717) is 32.5 Å². The van der Waals surface area contributed by atoms with Crippen molar-refractivity contribution in [2.24, 2.45) is 0 Å². The molecule has 0 unspecified atom stereocenters. The Morgan fingerprint density at radius 2 is 1.62 bits per heavy atom. The van der Waals surface area contributed by atoms with E-state index in [1.54, 1.807) is 0 Å². The summed E-state index contributed by atoms with van der Waals surface area (Å²) in [5, 5.41) is 0. The summed E-state index contributed by atoms with van der Waals surface area (Å²) >= 11 is 0. The maximum atomic E-state index is 11.0. The Morgan fingerprint density at radius 1 is 1.00 bits per heavy atom. The van der Waals surface area contributed by atoms with Crippen molar-refractivity contribution in [2.45, 2.75) is 24.9 Å². The highest BCUT2D eigenvalue weighted by atomic mass is 32.3. The third kappa shape index (κ3) is 2.01. The summed E-state index contributed by atoms with van der Waals surface area (Å²) in [7, 11) is -3.75. The molecule has 2 aliphatic rings. The van der Waals surface area contributed by atoms with Crippen LogP contribution in [0.2, 0.25) is 0 Å². The van der Waals surface area contributed by atoms with Crippen molar-refractivity contribution in [2.75, 3.05) is 19.8 Å². The Hall–Kier alpha value is -0.170. The van der Waals surface area contributed by atoms with Crippen LogP contribution in [-0.4, -0.2) is 33.8 Å². The van der Waals surface area contributed by atoms with Crippen molar-refractivity contribution < 1.29 is 21.5 Å². The summed E-state index contributed by atoms with van der Waals surface area (Å²) in [5.74, 6) is 0. The zero-order valence-corrected chi connectivity index (χ0v) is 8.01. The molecular formula is C7H12O5S. The van der Waals surface area contributed by atoms with Gasteiger partial charge < -0.3 is 4.74 Å². The minimum atomic E-state index is -3.75. The van der Waals surface area contributed by atoms with Gasteiger partial charge in [0.15, 0.2) is 0 Å². The minimum absolute atomic E-state index is 0.225. The van der Waals surface area contributed by atoms with Gasteiger partial charge in [0.05, 0.1) is 12.2 Å². The fraction of sp³-hybridized carbons (Fsp3) is 1.00. The van der Waals surface area contributed by atoms with E-state index in [9.17, 15) is 8.42 Å². The Balaban J connectivity index is 2.13. The van der Waals surface area contributed by atoms with Crippen molar-refractivity contribution in [3.8, 4) is 0 Å². The third-order valence-corrected chi connectivity index (χ3v) is 3.48. The van der Waals surface area contributed by atoms with Crippen LogP contribution in [0, 0.1) is 0 Å². The molecule has 0 aliphatic carbocycles. The monoisotopic (exact) mass is 208 g/mol. The zero-order valence-electron chi connectivity index (χ0n) is 7.19. The Morgan fingerprint density at radius 3 is 2.23 bits per heavy atom. The third-order valence-electron chi connectivity index (χ3n) is 2.47. The summed E-state index contributed by atoms with van der Waals surface area (Å²) in [5.41, 5.74) is -0.546. The molecule has 5 nitrogen and oxygen atoms in total. The predicted octanol–water partition coefficient (Wildman–Crippen LogP) is 0.217. The van der Waals surface area contributed by atoms with E-state index in [0.717, 1.165) is 0 Å². The van der Waals surface area contributed by atoms with Crippen LogP contribution in [0.1, 0.15) is 19.3 Å². The molecule has 76 valence electrons. The fourth-order valence-electron chi connectivity index (χ4n) is 1.69. The van der Waals surface area contributed by atoms with Crippen LogP contribution in [0.15, 0.2) is 0 Å². The lowest BCUT2D eigenvalue weighted by Crippen LogP contribution is -2.45. The van der Waals surface area contributed by atoms with Crippen LogP contribution in [0.4, 0.5) is 0 Å². The lowest BCUT2D eigenvalue weighted by atomic mass is 9.91. The van der Waals surface area contributed by atoms with E-state index in [1.165, 1.54) is 0 Å². The molecule has 2 aliphatic heterocycles. The van der Waals surface area contributed by atoms with E-state index < -0.39 is 16.0 Å². The van der Waals surface area contributed by atoms with Crippen molar-refractivity contribution in [1.29, 1.82) is 0 Å². The van der Waals surface area contributed by atoms with Crippen molar-refractivity contribution in [3.63, 3.8) is 0 Å². The van der Waals surface area contributed by atoms with Crippen LogP contribution in [0.5, 0.6) is 0 Å². The van der Waals surface area contributed by atoms with Crippen LogP contribution in [0.3, 0.4) is 0 Å². The van der Waals surface area contributed by atoms with Gasteiger partial charge in [-0.25, -0.2) is 8.37 Å². The summed E-state index contributed by atoms with van der Waals surface area (Å²) in [6.45, 7) is 1.35. The lowest BCUT2D eigenvalue weighted by molar-refractivity contribution is -0.0767. The summed E-state index contributed by atoms with van der Waals surface area (Å²) in [6, 6.07) is 0. The highest BCUT2D eigenvalue weighted by Gasteiger charge is 2.42. The normalized spacial score (nSPS) is 31.7. The maximum absolute atomic E-state index is 11.0. The zero-order chi connectivity index (χ0) is 9.36. The first kappa shape index (κ1) is 9.39. The first-order valence-corrected chi connectivity index (χ1v) is 5.63. The topological polar surface area (TPSA) is 61.8 Å². The molecule has 0 atom stereocenters. The molecule has 0 bridgehead atoms. The molecule has 0 saturated carbocycles.